The van der Waals surface area contributed by atoms with E-state index in [1.807, 2.05) is 17.0 Å². The molecule has 3 heterocycles. The van der Waals surface area contributed by atoms with Gasteiger partial charge in [0.2, 0.25) is 0 Å². The Morgan fingerprint density at radius 2 is 1.97 bits per heavy atom. The second-order valence-electron chi connectivity index (χ2n) is 8.34. The Hall–Kier alpha value is -2.64. The van der Waals surface area contributed by atoms with Crippen LogP contribution in [-0.4, -0.2) is 52.3 Å². The van der Waals surface area contributed by atoms with E-state index in [2.05, 4.69) is 20.8 Å². The molecular weight excluding hydrogens is 370 g/mol. The highest BCUT2D eigenvalue weighted by Gasteiger charge is 2.45. The highest BCUT2D eigenvalue weighted by Crippen LogP contribution is 2.33. The van der Waals surface area contributed by atoms with E-state index in [4.69, 9.17) is 4.84 Å². The van der Waals surface area contributed by atoms with Gasteiger partial charge in [-0.25, -0.2) is 4.79 Å². The van der Waals surface area contributed by atoms with Crippen molar-refractivity contribution in [2.75, 3.05) is 13.1 Å². The second kappa shape index (κ2) is 8.80. The third-order valence-electron chi connectivity index (χ3n) is 6.06. The van der Waals surface area contributed by atoms with Crippen molar-refractivity contribution >= 4 is 17.6 Å². The van der Waals surface area contributed by atoms with Crippen LogP contribution in [0.1, 0.15) is 56.9 Å². The first-order valence-electron chi connectivity index (χ1n) is 10.6. The fourth-order valence-corrected chi connectivity index (χ4v) is 4.43. The quantitative estimate of drug-likeness (QED) is 0.812. The maximum Gasteiger partial charge on any atom is 0.317 e. The molecule has 2 fully saturated rings. The van der Waals surface area contributed by atoms with Crippen molar-refractivity contribution in [3.63, 3.8) is 0 Å². The number of hydrogen-bond donors (Lipinski definition) is 2. The molecule has 1 aromatic heterocycles. The van der Waals surface area contributed by atoms with E-state index in [-0.39, 0.29) is 18.0 Å². The van der Waals surface area contributed by atoms with Crippen molar-refractivity contribution in [1.82, 2.24) is 20.5 Å². The van der Waals surface area contributed by atoms with Gasteiger partial charge in [-0.05, 0) is 43.4 Å². The van der Waals surface area contributed by atoms with Crippen molar-refractivity contribution in [3.8, 4) is 0 Å². The Morgan fingerprint density at radius 1 is 1.17 bits per heavy atom. The van der Waals surface area contributed by atoms with Gasteiger partial charge in [0.1, 0.15) is 5.71 Å². The molecule has 1 atom stereocenters. The summed E-state index contributed by atoms with van der Waals surface area (Å²) < 4.78 is 0. The van der Waals surface area contributed by atoms with Crippen LogP contribution in [0.5, 0.6) is 0 Å². The van der Waals surface area contributed by atoms with E-state index in [1.54, 1.807) is 12.4 Å². The zero-order valence-electron chi connectivity index (χ0n) is 16.7. The number of rotatable bonds is 4. The molecule has 0 bridgehead atoms. The van der Waals surface area contributed by atoms with Crippen LogP contribution in [0.3, 0.4) is 0 Å². The SMILES string of the molecule is O=C(NCc1ccncc1)C1=NOC2(CCCN(C(=O)NC3CCCCC3)C2)C1. The third-order valence-corrected chi connectivity index (χ3v) is 6.06. The standard InChI is InChI=1S/C21H29N5O3/c27-19(23-14-16-7-10-22-11-8-16)18-13-21(29-25-18)9-4-12-26(15-21)20(28)24-17-5-2-1-3-6-17/h7-8,10-11,17H,1-6,9,12-15H2,(H,23,27)(H,24,28). The number of oxime groups is 1. The summed E-state index contributed by atoms with van der Waals surface area (Å²) in [7, 11) is 0. The van der Waals surface area contributed by atoms with Crippen molar-refractivity contribution in [2.24, 2.45) is 5.16 Å². The van der Waals surface area contributed by atoms with E-state index >= 15 is 0 Å². The molecule has 29 heavy (non-hydrogen) atoms. The van der Waals surface area contributed by atoms with Crippen LogP contribution in [0.25, 0.3) is 0 Å². The molecule has 1 saturated heterocycles. The second-order valence-corrected chi connectivity index (χ2v) is 8.34. The van der Waals surface area contributed by atoms with Gasteiger partial charge in [-0.15, -0.1) is 0 Å². The molecule has 8 nitrogen and oxygen atoms in total. The Morgan fingerprint density at radius 3 is 2.76 bits per heavy atom. The minimum Gasteiger partial charge on any atom is -0.386 e. The van der Waals surface area contributed by atoms with Crippen molar-refractivity contribution in [1.29, 1.82) is 0 Å². The zero-order valence-corrected chi connectivity index (χ0v) is 16.7. The molecule has 3 amide bonds. The monoisotopic (exact) mass is 399 g/mol. The van der Waals surface area contributed by atoms with Crippen LogP contribution in [0.2, 0.25) is 0 Å². The number of piperidine rings is 1. The average Bonchev–Trinajstić information content (AvgIpc) is 3.16. The predicted molar refractivity (Wildman–Crippen MR) is 108 cm³/mol. The summed E-state index contributed by atoms with van der Waals surface area (Å²) in [6.45, 7) is 1.60. The van der Waals surface area contributed by atoms with Crippen LogP contribution in [0.15, 0.2) is 29.7 Å². The average molecular weight is 399 g/mol. The molecule has 1 saturated carbocycles. The van der Waals surface area contributed by atoms with Gasteiger partial charge in [0.15, 0.2) is 5.60 Å². The van der Waals surface area contributed by atoms with Gasteiger partial charge < -0.3 is 20.4 Å². The van der Waals surface area contributed by atoms with Gasteiger partial charge in [-0.1, -0.05) is 24.4 Å². The number of nitrogens with one attached hydrogen (secondary N) is 2. The van der Waals surface area contributed by atoms with Crippen LogP contribution in [-0.2, 0) is 16.2 Å². The number of aromatic nitrogens is 1. The molecule has 1 spiro atoms. The van der Waals surface area contributed by atoms with Gasteiger partial charge in [-0.2, -0.15) is 0 Å². The molecule has 2 aliphatic heterocycles. The lowest BCUT2D eigenvalue weighted by molar-refractivity contribution is -0.115. The van der Waals surface area contributed by atoms with Crippen LogP contribution in [0, 0.1) is 0 Å². The number of hydrogen-bond acceptors (Lipinski definition) is 5. The summed E-state index contributed by atoms with van der Waals surface area (Å²) in [5, 5.41) is 10.1. The summed E-state index contributed by atoms with van der Waals surface area (Å²) in [5.41, 5.74) is 0.797. The summed E-state index contributed by atoms with van der Waals surface area (Å²) in [6, 6.07) is 3.98. The van der Waals surface area contributed by atoms with Gasteiger partial charge in [0, 0.05) is 37.9 Å². The van der Waals surface area contributed by atoms with E-state index in [0.717, 1.165) is 31.2 Å². The number of likely N-dealkylation sites (tertiary alicyclic amines) is 1. The lowest BCUT2D eigenvalue weighted by Gasteiger charge is -2.39. The summed E-state index contributed by atoms with van der Waals surface area (Å²) in [4.78, 5) is 36.7. The molecule has 1 aromatic rings. The van der Waals surface area contributed by atoms with Gasteiger partial charge in [0.05, 0.1) is 6.54 Å². The molecule has 3 aliphatic rings. The maximum absolute atomic E-state index is 12.7. The normalized spacial score (nSPS) is 24.7. The van der Waals surface area contributed by atoms with Crippen LogP contribution < -0.4 is 10.6 Å². The number of urea groups is 1. The fraction of sp³-hybridized carbons (Fsp3) is 0.619. The number of nitrogens with zero attached hydrogens (tertiary/aromatic N) is 3. The molecular formula is C21H29N5O3. The lowest BCUT2D eigenvalue weighted by Crippen LogP contribution is -2.55. The minimum atomic E-state index is -0.578. The van der Waals surface area contributed by atoms with E-state index < -0.39 is 5.60 Å². The van der Waals surface area contributed by atoms with E-state index in [1.165, 1.54) is 19.3 Å². The Kier molecular flexibility index (Phi) is 5.97. The molecule has 1 unspecified atom stereocenters. The van der Waals surface area contributed by atoms with Crippen LogP contribution in [0.4, 0.5) is 4.79 Å². The fourth-order valence-electron chi connectivity index (χ4n) is 4.43. The van der Waals surface area contributed by atoms with Crippen LogP contribution >= 0.6 is 0 Å². The number of carbonyl (C=O) groups is 2. The first-order valence-corrected chi connectivity index (χ1v) is 10.6. The largest absolute Gasteiger partial charge is 0.386 e. The highest BCUT2D eigenvalue weighted by molar-refractivity contribution is 6.39. The van der Waals surface area contributed by atoms with Gasteiger partial charge in [-0.3, -0.25) is 9.78 Å². The summed E-state index contributed by atoms with van der Waals surface area (Å²) >= 11 is 0. The Labute approximate surface area is 171 Å². The van der Waals surface area contributed by atoms with Crippen molar-refractivity contribution in [3.05, 3.63) is 30.1 Å². The van der Waals surface area contributed by atoms with E-state index in [0.29, 0.717) is 31.8 Å². The smallest absolute Gasteiger partial charge is 0.317 e. The summed E-state index contributed by atoms with van der Waals surface area (Å²) in [6.07, 6.45) is 11.2. The first-order chi connectivity index (χ1) is 14.1. The lowest BCUT2D eigenvalue weighted by atomic mass is 9.88. The predicted octanol–water partition coefficient (Wildman–Crippen LogP) is 2.35. The number of amides is 3. The minimum absolute atomic E-state index is 0.0184. The number of pyridine rings is 1. The molecule has 0 aromatic carbocycles. The number of carbonyl (C=O) groups excluding carboxylic acids is 2. The Bertz CT molecular complexity index is 763. The molecule has 1 aliphatic carbocycles. The van der Waals surface area contributed by atoms with Crippen molar-refractivity contribution in [2.45, 2.75) is 69.6 Å². The highest BCUT2D eigenvalue weighted by atomic mass is 16.7. The third kappa shape index (κ3) is 4.86. The zero-order chi connectivity index (χ0) is 20.1. The molecule has 8 heteroatoms. The van der Waals surface area contributed by atoms with Gasteiger partial charge in [0.25, 0.3) is 5.91 Å². The summed E-state index contributed by atoms with van der Waals surface area (Å²) in [5.74, 6) is -0.220. The molecule has 4 rings (SSSR count). The van der Waals surface area contributed by atoms with Crippen molar-refractivity contribution < 1.29 is 14.4 Å². The molecule has 156 valence electrons. The Balaban J connectivity index is 1.29. The molecule has 0 radical (unpaired) electrons. The first kappa shape index (κ1) is 19.7. The maximum atomic E-state index is 12.7. The van der Waals surface area contributed by atoms with E-state index in [9.17, 15) is 9.59 Å². The van der Waals surface area contributed by atoms with Gasteiger partial charge >= 0.3 is 6.03 Å². The molecule has 2 N–H and O–H groups in total. The topological polar surface area (TPSA) is 95.9 Å².